The number of nitrogens with one attached hydrogen (secondary N) is 2. The van der Waals surface area contributed by atoms with E-state index in [2.05, 4.69) is 53.7 Å². The number of guanidine groups is 1. The van der Waals surface area contributed by atoms with Crippen molar-refractivity contribution >= 4 is 5.96 Å². The summed E-state index contributed by atoms with van der Waals surface area (Å²) in [7, 11) is 1.83. The molecule has 0 spiro atoms. The van der Waals surface area contributed by atoms with Crippen LogP contribution in [-0.2, 0) is 22.6 Å². The second kappa shape index (κ2) is 13.6. The summed E-state index contributed by atoms with van der Waals surface area (Å²) in [6.07, 6.45) is 7.39. The predicted octanol–water partition coefficient (Wildman–Crippen LogP) is 4.26. The van der Waals surface area contributed by atoms with Gasteiger partial charge in [0.15, 0.2) is 5.96 Å². The van der Waals surface area contributed by atoms with Crippen LogP contribution < -0.4 is 10.6 Å². The molecule has 0 amide bonds. The lowest BCUT2D eigenvalue weighted by molar-refractivity contribution is -0.0390. The van der Waals surface area contributed by atoms with E-state index in [0.29, 0.717) is 18.6 Å². The minimum atomic E-state index is 0.331. The standard InChI is InChI=1S/C23H39N3O2/c1-4-6-8-19(5-2)16-25-23(24-3)26-17-20-9-7-10-21(15-20)18-28-22-11-13-27-14-12-22/h7,9-10,15,19,22H,4-6,8,11-14,16-18H2,1-3H3,(H2,24,25,26). The van der Waals surface area contributed by atoms with Crippen LogP contribution in [0, 0.1) is 5.92 Å². The number of hydrogen-bond donors (Lipinski definition) is 2. The van der Waals surface area contributed by atoms with Gasteiger partial charge in [0.2, 0.25) is 0 Å². The Labute approximate surface area is 171 Å². The molecule has 1 aromatic rings. The number of unbranched alkanes of at least 4 members (excludes halogenated alkanes) is 1. The third-order valence-corrected chi connectivity index (χ3v) is 5.43. The molecule has 158 valence electrons. The largest absolute Gasteiger partial charge is 0.381 e. The predicted molar refractivity (Wildman–Crippen MR) is 117 cm³/mol. The highest BCUT2D eigenvalue weighted by molar-refractivity contribution is 5.79. The molecule has 0 radical (unpaired) electrons. The molecule has 0 aliphatic carbocycles. The molecule has 1 saturated heterocycles. The highest BCUT2D eigenvalue weighted by Gasteiger charge is 2.14. The van der Waals surface area contributed by atoms with Gasteiger partial charge in [-0.2, -0.15) is 0 Å². The Kier molecular flexibility index (Phi) is 11.0. The van der Waals surface area contributed by atoms with Crippen LogP contribution in [0.3, 0.4) is 0 Å². The molecule has 2 N–H and O–H groups in total. The van der Waals surface area contributed by atoms with Crippen molar-refractivity contribution in [2.75, 3.05) is 26.8 Å². The van der Waals surface area contributed by atoms with Crippen LogP contribution in [0.1, 0.15) is 63.5 Å². The van der Waals surface area contributed by atoms with Gasteiger partial charge in [-0.3, -0.25) is 4.99 Å². The van der Waals surface area contributed by atoms with Gasteiger partial charge in [-0.1, -0.05) is 57.4 Å². The second-order valence-electron chi connectivity index (χ2n) is 7.67. The number of hydrogen-bond acceptors (Lipinski definition) is 3. The molecule has 28 heavy (non-hydrogen) atoms. The fourth-order valence-corrected chi connectivity index (χ4v) is 3.48. The van der Waals surface area contributed by atoms with Gasteiger partial charge in [-0.25, -0.2) is 0 Å². The summed E-state index contributed by atoms with van der Waals surface area (Å²) in [5.74, 6) is 1.59. The first kappa shape index (κ1) is 22.7. The van der Waals surface area contributed by atoms with E-state index < -0.39 is 0 Å². The molecule has 1 heterocycles. The average Bonchev–Trinajstić information content (AvgIpc) is 2.75. The normalized spacial score (nSPS) is 16.8. The van der Waals surface area contributed by atoms with Crippen LogP contribution in [0.5, 0.6) is 0 Å². The first-order valence-corrected chi connectivity index (χ1v) is 11.0. The van der Waals surface area contributed by atoms with Gasteiger partial charge < -0.3 is 20.1 Å². The van der Waals surface area contributed by atoms with Crippen molar-refractivity contribution in [3.8, 4) is 0 Å². The fourth-order valence-electron chi connectivity index (χ4n) is 3.48. The van der Waals surface area contributed by atoms with Crippen molar-refractivity contribution in [1.29, 1.82) is 0 Å². The highest BCUT2D eigenvalue weighted by atomic mass is 16.5. The summed E-state index contributed by atoms with van der Waals surface area (Å²) >= 11 is 0. The van der Waals surface area contributed by atoms with E-state index in [4.69, 9.17) is 9.47 Å². The van der Waals surface area contributed by atoms with E-state index in [1.165, 1.54) is 36.8 Å². The lowest BCUT2D eigenvalue weighted by Crippen LogP contribution is -2.39. The van der Waals surface area contributed by atoms with E-state index in [1.54, 1.807) is 0 Å². The molecule has 1 unspecified atom stereocenters. The van der Waals surface area contributed by atoms with Gasteiger partial charge in [0.1, 0.15) is 0 Å². The Hall–Kier alpha value is -1.59. The Bertz CT molecular complexity index is 571. The monoisotopic (exact) mass is 389 g/mol. The quantitative estimate of drug-likeness (QED) is 0.438. The maximum Gasteiger partial charge on any atom is 0.191 e. The molecule has 1 aliphatic heterocycles. The number of aliphatic imine (C=N–C) groups is 1. The van der Waals surface area contributed by atoms with Crippen LogP contribution >= 0.6 is 0 Å². The minimum Gasteiger partial charge on any atom is -0.381 e. The Balaban J connectivity index is 1.75. The third-order valence-electron chi connectivity index (χ3n) is 5.43. The van der Waals surface area contributed by atoms with E-state index in [1.807, 2.05) is 7.05 Å². The molecule has 0 saturated carbocycles. The fraction of sp³-hybridized carbons (Fsp3) is 0.696. The first-order chi connectivity index (χ1) is 13.7. The zero-order valence-corrected chi connectivity index (χ0v) is 18.0. The number of rotatable bonds is 11. The molecule has 1 atom stereocenters. The number of nitrogens with zero attached hydrogens (tertiary/aromatic N) is 1. The SMILES string of the molecule is CCCCC(CC)CNC(=NC)NCc1cccc(COC2CCOCC2)c1. The lowest BCUT2D eigenvalue weighted by Gasteiger charge is -2.22. The Morgan fingerprint density at radius 3 is 2.71 bits per heavy atom. The third kappa shape index (κ3) is 8.61. The van der Waals surface area contributed by atoms with Gasteiger partial charge in [-0.05, 0) is 36.3 Å². The Morgan fingerprint density at radius 2 is 2.00 bits per heavy atom. The van der Waals surface area contributed by atoms with E-state index in [9.17, 15) is 0 Å². The van der Waals surface area contributed by atoms with Gasteiger partial charge in [0.25, 0.3) is 0 Å². The van der Waals surface area contributed by atoms with Crippen molar-refractivity contribution in [3.05, 3.63) is 35.4 Å². The topological polar surface area (TPSA) is 54.9 Å². The molecule has 1 aliphatic rings. The van der Waals surface area contributed by atoms with Crippen molar-refractivity contribution < 1.29 is 9.47 Å². The van der Waals surface area contributed by atoms with Crippen molar-refractivity contribution in [2.45, 2.75) is 71.6 Å². The zero-order chi connectivity index (χ0) is 20.0. The number of ether oxygens (including phenoxy) is 2. The maximum atomic E-state index is 6.04. The van der Waals surface area contributed by atoms with Crippen molar-refractivity contribution in [1.82, 2.24) is 10.6 Å². The first-order valence-electron chi connectivity index (χ1n) is 11.0. The Morgan fingerprint density at radius 1 is 1.21 bits per heavy atom. The summed E-state index contributed by atoms with van der Waals surface area (Å²) in [6.45, 7) is 8.57. The van der Waals surface area contributed by atoms with Crippen molar-refractivity contribution in [3.63, 3.8) is 0 Å². The number of benzene rings is 1. The molecule has 2 rings (SSSR count). The second-order valence-corrected chi connectivity index (χ2v) is 7.67. The molecule has 5 nitrogen and oxygen atoms in total. The van der Waals surface area contributed by atoms with Gasteiger partial charge in [-0.15, -0.1) is 0 Å². The van der Waals surface area contributed by atoms with Crippen LogP contribution in [0.15, 0.2) is 29.3 Å². The van der Waals surface area contributed by atoms with Crippen LogP contribution in [0.2, 0.25) is 0 Å². The molecule has 1 fully saturated rings. The summed E-state index contributed by atoms with van der Waals surface area (Å²) in [5, 5.41) is 6.92. The zero-order valence-electron chi connectivity index (χ0n) is 18.0. The molecule has 1 aromatic carbocycles. The van der Waals surface area contributed by atoms with Crippen LogP contribution in [-0.4, -0.2) is 38.9 Å². The minimum absolute atomic E-state index is 0.331. The van der Waals surface area contributed by atoms with E-state index >= 15 is 0 Å². The summed E-state index contributed by atoms with van der Waals surface area (Å²) < 4.78 is 11.4. The van der Waals surface area contributed by atoms with Gasteiger partial charge in [0, 0.05) is 33.4 Å². The molecular formula is C23H39N3O2. The smallest absolute Gasteiger partial charge is 0.191 e. The van der Waals surface area contributed by atoms with Crippen LogP contribution in [0.4, 0.5) is 0 Å². The van der Waals surface area contributed by atoms with Gasteiger partial charge >= 0.3 is 0 Å². The molecule has 0 bridgehead atoms. The van der Waals surface area contributed by atoms with Crippen molar-refractivity contribution in [2.24, 2.45) is 10.9 Å². The van der Waals surface area contributed by atoms with E-state index in [0.717, 1.165) is 45.1 Å². The molecule has 0 aromatic heterocycles. The van der Waals surface area contributed by atoms with Crippen LogP contribution in [0.25, 0.3) is 0 Å². The molecular weight excluding hydrogens is 350 g/mol. The summed E-state index contributed by atoms with van der Waals surface area (Å²) in [6, 6.07) is 8.60. The summed E-state index contributed by atoms with van der Waals surface area (Å²) in [5.41, 5.74) is 2.47. The van der Waals surface area contributed by atoms with E-state index in [-0.39, 0.29) is 0 Å². The average molecular weight is 390 g/mol. The molecule has 5 heteroatoms. The maximum absolute atomic E-state index is 6.04. The highest BCUT2D eigenvalue weighted by Crippen LogP contribution is 2.14. The lowest BCUT2D eigenvalue weighted by atomic mass is 9.99. The van der Waals surface area contributed by atoms with Gasteiger partial charge in [0.05, 0.1) is 12.7 Å². The summed E-state index contributed by atoms with van der Waals surface area (Å²) in [4.78, 5) is 4.37.